The van der Waals surface area contributed by atoms with Crippen LogP contribution >= 0.6 is 0 Å². The summed E-state index contributed by atoms with van der Waals surface area (Å²) < 4.78 is 5.48. The van der Waals surface area contributed by atoms with Crippen molar-refractivity contribution in [3.05, 3.63) is 23.8 Å². The number of ether oxygens (including phenoxy) is 1. The van der Waals surface area contributed by atoms with E-state index in [-0.39, 0.29) is 11.3 Å². The van der Waals surface area contributed by atoms with Gasteiger partial charge in [0, 0.05) is 18.7 Å². The van der Waals surface area contributed by atoms with Gasteiger partial charge in [0.2, 0.25) is 5.91 Å². The zero-order valence-corrected chi connectivity index (χ0v) is 11.3. The predicted molar refractivity (Wildman–Crippen MR) is 74.5 cm³/mol. The summed E-state index contributed by atoms with van der Waals surface area (Å²) in [6.45, 7) is 4.54. The molecule has 2 heterocycles. The second kappa shape index (κ2) is 4.85. The molecule has 0 aromatic heterocycles. The van der Waals surface area contributed by atoms with Crippen molar-refractivity contribution in [2.24, 2.45) is 5.41 Å². The Kier molecular flexibility index (Phi) is 3.19. The van der Waals surface area contributed by atoms with Gasteiger partial charge in [-0.3, -0.25) is 4.79 Å². The first-order valence-corrected chi connectivity index (χ1v) is 7.01. The van der Waals surface area contributed by atoms with Crippen molar-refractivity contribution in [2.45, 2.75) is 26.2 Å². The quantitative estimate of drug-likeness (QED) is 0.873. The van der Waals surface area contributed by atoms with E-state index in [1.54, 1.807) is 0 Å². The van der Waals surface area contributed by atoms with Crippen LogP contribution in [0.1, 0.15) is 25.3 Å². The molecule has 4 nitrogen and oxygen atoms in total. The normalized spacial score (nSPS) is 24.9. The fourth-order valence-corrected chi connectivity index (χ4v) is 2.93. The van der Waals surface area contributed by atoms with Crippen LogP contribution in [0.3, 0.4) is 0 Å². The third-order valence-electron chi connectivity index (χ3n) is 4.35. The van der Waals surface area contributed by atoms with E-state index in [1.807, 2.05) is 18.2 Å². The number of nitrogens with one attached hydrogen (secondary N) is 2. The van der Waals surface area contributed by atoms with Crippen LogP contribution in [-0.4, -0.2) is 25.6 Å². The van der Waals surface area contributed by atoms with Gasteiger partial charge in [-0.15, -0.1) is 0 Å². The second-order valence-corrected chi connectivity index (χ2v) is 5.44. The van der Waals surface area contributed by atoms with Gasteiger partial charge in [-0.2, -0.15) is 0 Å². The van der Waals surface area contributed by atoms with Gasteiger partial charge in [-0.05, 0) is 43.1 Å². The maximum atomic E-state index is 12.5. The monoisotopic (exact) mass is 260 g/mol. The summed E-state index contributed by atoms with van der Waals surface area (Å²) in [6, 6.07) is 5.91. The molecule has 1 aromatic rings. The molecule has 4 heteroatoms. The molecule has 2 N–H and O–H groups in total. The van der Waals surface area contributed by atoms with E-state index in [4.69, 9.17) is 4.74 Å². The molecule has 2 aliphatic heterocycles. The minimum atomic E-state index is -0.241. The number of carbonyl (C=O) groups is 1. The zero-order chi connectivity index (χ0) is 13.3. The van der Waals surface area contributed by atoms with Gasteiger partial charge in [0.15, 0.2) is 0 Å². The van der Waals surface area contributed by atoms with Crippen molar-refractivity contribution < 1.29 is 9.53 Å². The molecule has 0 radical (unpaired) electrons. The molecule has 0 saturated carbocycles. The number of anilines is 1. The van der Waals surface area contributed by atoms with Crippen LogP contribution in [0.25, 0.3) is 0 Å². The standard InChI is InChI=1S/C15H20N2O2/c1-2-15(6-7-16-10-15)14(18)17-12-3-4-13-11(9-12)5-8-19-13/h3-4,9,16H,2,5-8,10H2,1H3,(H,17,18). The molecule has 2 aliphatic rings. The first-order chi connectivity index (χ1) is 9.23. The molecule has 1 atom stereocenters. The van der Waals surface area contributed by atoms with Gasteiger partial charge in [-0.25, -0.2) is 0 Å². The molecule has 1 unspecified atom stereocenters. The third kappa shape index (κ3) is 2.21. The molecular formula is C15H20N2O2. The van der Waals surface area contributed by atoms with Crippen molar-refractivity contribution in [3.8, 4) is 5.75 Å². The van der Waals surface area contributed by atoms with E-state index in [0.29, 0.717) is 0 Å². The maximum absolute atomic E-state index is 12.5. The van der Waals surface area contributed by atoms with E-state index in [2.05, 4.69) is 17.6 Å². The maximum Gasteiger partial charge on any atom is 0.231 e. The van der Waals surface area contributed by atoms with Crippen LogP contribution in [0.5, 0.6) is 5.75 Å². The molecule has 3 rings (SSSR count). The minimum absolute atomic E-state index is 0.138. The first-order valence-electron chi connectivity index (χ1n) is 7.01. The van der Waals surface area contributed by atoms with Crippen LogP contribution in [0.15, 0.2) is 18.2 Å². The van der Waals surface area contributed by atoms with Gasteiger partial charge in [-0.1, -0.05) is 6.92 Å². The molecule has 1 fully saturated rings. The first kappa shape index (κ1) is 12.5. The summed E-state index contributed by atoms with van der Waals surface area (Å²) in [5, 5.41) is 6.36. The van der Waals surface area contributed by atoms with E-state index < -0.39 is 0 Å². The molecule has 1 saturated heterocycles. The zero-order valence-electron chi connectivity index (χ0n) is 11.3. The number of fused-ring (bicyclic) bond motifs is 1. The molecule has 19 heavy (non-hydrogen) atoms. The number of carbonyl (C=O) groups excluding carboxylic acids is 1. The summed E-state index contributed by atoms with van der Waals surface area (Å²) in [5.41, 5.74) is 1.83. The molecule has 0 spiro atoms. The molecule has 1 amide bonds. The largest absolute Gasteiger partial charge is 0.493 e. The lowest BCUT2D eigenvalue weighted by molar-refractivity contribution is -0.124. The van der Waals surface area contributed by atoms with E-state index >= 15 is 0 Å². The van der Waals surface area contributed by atoms with Crippen molar-refractivity contribution >= 4 is 11.6 Å². The van der Waals surface area contributed by atoms with Gasteiger partial charge in [0.25, 0.3) is 0 Å². The highest BCUT2D eigenvalue weighted by molar-refractivity contribution is 5.96. The number of hydrogen-bond acceptors (Lipinski definition) is 3. The van der Waals surface area contributed by atoms with Crippen molar-refractivity contribution in [1.82, 2.24) is 5.32 Å². The van der Waals surface area contributed by atoms with Crippen LogP contribution in [0.2, 0.25) is 0 Å². The highest BCUT2D eigenvalue weighted by Crippen LogP contribution is 2.32. The topological polar surface area (TPSA) is 50.4 Å². The van der Waals surface area contributed by atoms with Gasteiger partial charge < -0.3 is 15.4 Å². The fourth-order valence-electron chi connectivity index (χ4n) is 2.93. The Morgan fingerprint density at radius 1 is 1.53 bits per heavy atom. The molecule has 0 bridgehead atoms. The lowest BCUT2D eigenvalue weighted by Gasteiger charge is -2.25. The molecule has 102 valence electrons. The van der Waals surface area contributed by atoms with Crippen molar-refractivity contribution in [1.29, 1.82) is 0 Å². The smallest absolute Gasteiger partial charge is 0.231 e. The van der Waals surface area contributed by atoms with Crippen LogP contribution in [0, 0.1) is 5.41 Å². The van der Waals surface area contributed by atoms with Gasteiger partial charge >= 0.3 is 0 Å². The fraction of sp³-hybridized carbons (Fsp3) is 0.533. The Hall–Kier alpha value is -1.55. The summed E-state index contributed by atoms with van der Waals surface area (Å²) in [4.78, 5) is 12.5. The Bertz CT molecular complexity index is 493. The third-order valence-corrected chi connectivity index (χ3v) is 4.35. The number of hydrogen-bond donors (Lipinski definition) is 2. The second-order valence-electron chi connectivity index (χ2n) is 5.44. The lowest BCUT2D eigenvalue weighted by atomic mass is 9.83. The van der Waals surface area contributed by atoms with Crippen molar-refractivity contribution in [3.63, 3.8) is 0 Å². The van der Waals surface area contributed by atoms with Crippen LogP contribution in [0.4, 0.5) is 5.69 Å². The average molecular weight is 260 g/mol. The summed E-state index contributed by atoms with van der Waals surface area (Å²) in [6.07, 6.45) is 2.72. The van der Waals surface area contributed by atoms with Crippen molar-refractivity contribution in [2.75, 3.05) is 25.0 Å². The van der Waals surface area contributed by atoms with E-state index in [0.717, 1.165) is 50.4 Å². The van der Waals surface area contributed by atoms with Gasteiger partial charge in [0.05, 0.1) is 12.0 Å². The Morgan fingerprint density at radius 2 is 2.42 bits per heavy atom. The highest BCUT2D eigenvalue weighted by atomic mass is 16.5. The summed E-state index contributed by atoms with van der Waals surface area (Å²) in [5.74, 6) is 1.09. The van der Waals surface area contributed by atoms with Crippen LogP contribution < -0.4 is 15.4 Å². The Labute approximate surface area is 113 Å². The highest BCUT2D eigenvalue weighted by Gasteiger charge is 2.39. The van der Waals surface area contributed by atoms with Crippen LogP contribution in [-0.2, 0) is 11.2 Å². The minimum Gasteiger partial charge on any atom is -0.493 e. The Morgan fingerprint density at radius 3 is 3.16 bits per heavy atom. The van der Waals surface area contributed by atoms with E-state index in [9.17, 15) is 4.79 Å². The number of amides is 1. The summed E-state index contributed by atoms with van der Waals surface area (Å²) >= 11 is 0. The summed E-state index contributed by atoms with van der Waals surface area (Å²) in [7, 11) is 0. The number of benzene rings is 1. The Balaban J connectivity index is 1.76. The number of rotatable bonds is 3. The molecule has 0 aliphatic carbocycles. The predicted octanol–water partition coefficient (Wildman–Crippen LogP) is 1.95. The molecule has 1 aromatic carbocycles. The van der Waals surface area contributed by atoms with E-state index in [1.165, 1.54) is 5.56 Å². The van der Waals surface area contributed by atoms with Gasteiger partial charge in [0.1, 0.15) is 5.75 Å². The average Bonchev–Trinajstić information content (AvgIpc) is 3.07. The SMILES string of the molecule is CCC1(C(=O)Nc2ccc3c(c2)CCO3)CCNC1. The lowest BCUT2D eigenvalue weighted by Crippen LogP contribution is -2.37. The molecular weight excluding hydrogens is 240 g/mol.